The standard InChI is InChI=1S/C11H15IN2O/c1-13-7-2-8-14-11(15)9-3-5-10(12)6-4-9/h3-6,13H,2,7-8H2,1H3,(H,14,15). The van der Waals surface area contributed by atoms with Gasteiger partial charge in [-0.2, -0.15) is 0 Å². The molecule has 0 fully saturated rings. The molecule has 0 heterocycles. The van der Waals surface area contributed by atoms with E-state index in [2.05, 4.69) is 33.2 Å². The Morgan fingerprint density at radius 2 is 1.93 bits per heavy atom. The van der Waals surface area contributed by atoms with E-state index < -0.39 is 0 Å². The van der Waals surface area contributed by atoms with Crippen LogP contribution in [0.1, 0.15) is 16.8 Å². The van der Waals surface area contributed by atoms with Crippen LogP contribution in [0.25, 0.3) is 0 Å². The molecular formula is C11H15IN2O. The van der Waals surface area contributed by atoms with Gasteiger partial charge in [0.1, 0.15) is 0 Å². The van der Waals surface area contributed by atoms with Crippen molar-refractivity contribution in [1.29, 1.82) is 0 Å². The van der Waals surface area contributed by atoms with E-state index >= 15 is 0 Å². The first-order valence-electron chi connectivity index (χ1n) is 4.92. The smallest absolute Gasteiger partial charge is 0.251 e. The molecule has 0 spiro atoms. The van der Waals surface area contributed by atoms with Gasteiger partial charge in [-0.1, -0.05) is 0 Å². The minimum Gasteiger partial charge on any atom is -0.352 e. The van der Waals surface area contributed by atoms with Crippen molar-refractivity contribution in [1.82, 2.24) is 10.6 Å². The second kappa shape index (κ2) is 6.79. The van der Waals surface area contributed by atoms with Gasteiger partial charge in [-0.3, -0.25) is 4.79 Å². The zero-order valence-electron chi connectivity index (χ0n) is 8.72. The topological polar surface area (TPSA) is 41.1 Å². The maximum absolute atomic E-state index is 11.6. The van der Waals surface area contributed by atoms with Crippen LogP contribution >= 0.6 is 22.6 Å². The van der Waals surface area contributed by atoms with Gasteiger partial charge in [-0.15, -0.1) is 0 Å². The molecule has 0 aromatic heterocycles. The second-order valence-corrected chi connectivity index (χ2v) is 4.47. The van der Waals surface area contributed by atoms with Crippen molar-refractivity contribution in [2.75, 3.05) is 20.1 Å². The lowest BCUT2D eigenvalue weighted by Gasteiger charge is -2.04. The third-order valence-electron chi connectivity index (χ3n) is 2.00. The Bertz CT molecular complexity index is 311. The maximum Gasteiger partial charge on any atom is 0.251 e. The summed E-state index contributed by atoms with van der Waals surface area (Å²) in [5.74, 6) is 0.00232. The summed E-state index contributed by atoms with van der Waals surface area (Å²) in [6, 6.07) is 7.55. The van der Waals surface area contributed by atoms with Gasteiger partial charge in [0, 0.05) is 15.7 Å². The molecule has 82 valence electrons. The van der Waals surface area contributed by atoms with Crippen molar-refractivity contribution in [3.63, 3.8) is 0 Å². The highest BCUT2D eigenvalue weighted by Gasteiger charge is 2.03. The van der Waals surface area contributed by atoms with Crippen LogP contribution in [0.5, 0.6) is 0 Å². The number of nitrogens with one attached hydrogen (secondary N) is 2. The molecular weight excluding hydrogens is 303 g/mol. The van der Waals surface area contributed by atoms with Gasteiger partial charge in [0.25, 0.3) is 5.91 Å². The maximum atomic E-state index is 11.6. The Balaban J connectivity index is 2.37. The fourth-order valence-corrected chi connectivity index (χ4v) is 1.53. The zero-order chi connectivity index (χ0) is 11.1. The number of benzene rings is 1. The monoisotopic (exact) mass is 318 g/mol. The Hall–Kier alpha value is -0.620. The number of carbonyl (C=O) groups excluding carboxylic acids is 1. The van der Waals surface area contributed by atoms with Crippen molar-refractivity contribution in [3.8, 4) is 0 Å². The van der Waals surface area contributed by atoms with Crippen molar-refractivity contribution in [2.24, 2.45) is 0 Å². The molecule has 2 N–H and O–H groups in total. The number of hydrogen-bond donors (Lipinski definition) is 2. The van der Waals surface area contributed by atoms with E-state index in [9.17, 15) is 4.79 Å². The molecule has 3 nitrogen and oxygen atoms in total. The van der Waals surface area contributed by atoms with Gasteiger partial charge in [-0.05, 0) is 66.9 Å². The summed E-state index contributed by atoms with van der Waals surface area (Å²) in [5.41, 5.74) is 0.722. The van der Waals surface area contributed by atoms with Crippen LogP contribution in [0.3, 0.4) is 0 Å². The third kappa shape index (κ3) is 4.61. The summed E-state index contributed by atoms with van der Waals surface area (Å²) in [6.07, 6.45) is 0.951. The first-order valence-corrected chi connectivity index (χ1v) is 6.00. The second-order valence-electron chi connectivity index (χ2n) is 3.22. The molecule has 15 heavy (non-hydrogen) atoms. The molecule has 1 aromatic rings. The van der Waals surface area contributed by atoms with Crippen LogP contribution in [-0.2, 0) is 0 Å². The molecule has 0 unspecified atom stereocenters. The zero-order valence-corrected chi connectivity index (χ0v) is 10.9. The van der Waals surface area contributed by atoms with Crippen LogP contribution in [0.4, 0.5) is 0 Å². The Kier molecular flexibility index (Phi) is 5.63. The highest BCUT2D eigenvalue weighted by Crippen LogP contribution is 2.06. The quantitative estimate of drug-likeness (QED) is 0.640. The minimum absolute atomic E-state index is 0.00232. The number of halogens is 1. The van der Waals surface area contributed by atoms with E-state index in [-0.39, 0.29) is 5.91 Å². The van der Waals surface area contributed by atoms with Gasteiger partial charge in [0.2, 0.25) is 0 Å². The van der Waals surface area contributed by atoms with Crippen LogP contribution in [-0.4, -0.2) is 26.0 Å². The molecule has 0 atom stereocenters. The minimum atomic E-state index is 0.00232. The molecule has 1 aromatic carbocycles. The molecule has 0 aliphatic heterocycles. The fourth-order valence-electron chi connectivity index (χ4n) is 1.17. The molecule has 0 saturated carbocycles. The molecule has 0 saturated heterocycles. The predicted molar refractivity (Wildman–Crippen MR) is 70.0 cm³/mol. The van der Waals surface area contributed by atoms with Crippen LogP contribution in [0.2, 0.25) is 0 Å². The third-order valence-corrected chi connectivity index (χ3v) is 2.71. The molecule has 0 radical (unpaired) electrons. The van der Waals surface area contributed by atoms with Gasteiger partial charge >= 0.3 is 0 Å². The van der Waals surface area contributed by atoms with Gasteiger partial charge in [0.15, 0.2) is 0 Å². The summed E-state index contributed by atoms with van der Waals surface area (Å²) in [7, 11) is 1.90. The molecule has 0 aliphatic rings. The lowest BCUT2D eigenvalue weighted by molar-refractivity contribution is 0.0953. The largest absolute Gasteiger partial charge is 0.352 e. The SMILES string of the molecule is CNCCCNC(=O)c1ccc(I)cc1. The van der Waals surface area contributed by atoms with Crippen LogP contribution in [0.15, 0.2) is 24.3 Å². The lowest BCUT2D eigenvalue weighted by Crippen LogP contribution is -2.26. The first kappa shape index (κ1) is 12.4. The Morgan fingerprint density at radius 3 is 2.53 bits per heavy atom. The number of carbonyl (C=O) groups is 1. The average molecular weight is 318 g/mol. The van der Waals surface area contributed by atoms with E-state index in [1.54, 1.807) is 0 Å². The van der Waals surface area contributed by atoms with E-state index in [0.717, 1.165) is 22.1 Å². The summed E-state index contributed by atoms with van der Waals surface area (Å²) in [5, 5.41) is 5.91. The van der Waals surface area contributed by atoms with E-state index in [0.29, 0.717) is 6.54 Å². The molecule has 1 rings (SSSR count). The summed E-state index contributed by atoms with van der Waals surface area (Å²) >= 11 is 2.22. The first-order chi connectivity index (χ1) is 7.24. The predicted octanol–water partition coefficient (Wildman–Crippen LogP) is 1.63. The van der Waals surface area contributed by atoms with Crippen LogP contribution < -0.4 is 10.6 Å². The number of hydrogen-bond acceptors (Lipinski definition) is 2. The molecule has 0 bridgehead atoms. The fraction of sp³-hybridized carbons (Fsp3) is 0.364. The summed E-state index contributed by atoms with van der Waals surface area (Å²) < 4.78 is 1.14. The van der Waals surface area contributed by atoms with Gasteiger partial charge in [0.05, 0.1) is 0 Å². The molecule has 1 amide bonds. The Morgan fingerprint density at radius 1 is 1.27 bits per heavy atom. The van der Waals surface area contributed by atoms with E-state index in [4.69, 9.17) is 0 Å². The average Bonchev–Trinajstić information content (AvgIpc) is 2.25. The summed E-state index contributed by atoms with van der Waals surface area (Å²) in [6.45, 7) is 1.64. The highest BCUT2D eigenvalue weighted by atomic mass is 127. The van der Waals surface area contributed by atoms with E-state index in [1.165, 1.54) is 0 Å². The van der Waals surface area contributed by atoms with Crippen molar-refractivity contribution in [2.45, 2.75) is 6.42 Å². The van der Waals surface area contributed by atoms with Gasteiger partial charge in [-0.25, -0.2) is 0 Å². The lowest BCUT2D eigenvalue weighted by atomic mass is 10.2. The van der Waals surface area contributed by atoms with E-state index in [1.807, 2.05) is 31.3 Å². The summed E-state index contributed by atoms with van der Waals surface area (Å²) in [4.78, 5) is 11.6. The molecule has 4 heteroatoms. The normalized spacial score (nSPS) is 10.0. The van der Waals surface area contributed by atoms with Crippen LogP contribution in [0, 0.1) is 3.57 Å². The van der Waals surface area contributed by atoms with Crippen molar-refractivity contribution >= 4 is 28.5 Å². The Labute approximate surface area is 104 Å². The number of amides is 1. The van der Waals surface area contributed by atoms with Crippen molar-refractivity contribution < 1.29 is 4.79 Å². The van der Waals surface area contributed by atoms with Gasteiger partial charge < -0.3 is 10.6 Å². The van der Waals surface area contributed by atoms with Crippen molar-refractivity contribution in [3.05, 3.63) is 33.4 Å². The number of rotatable bonds is 5. The molecule has 0 aliphatic carbocycles. The highest BCUT2D eigenvalue weighted by molar-refractivity contribution is 14.1.